The quantitative estimate of drug-likeness (QED) is 0.745. The lowest BCUT2D eigenvalue weighted by Crippen LogP contribution is -2.37. The van der Waals surface area contributed by atoms with Crippen LogP contribution in [0.4, 0.5) is 0 Å². The van der Waals surface area contributed by atoms with Crippen molar-refractivity contribution in [1.29, 1.82) is 0 Å². The van der Waals surface area contributed by atoms with Crippen LogP contribution in [0.15, 0.2) is 66.7 Å². The molecule has 0 fully saturated rings. The molecular formula is C21H25NO2. The second-order valence-corrected chi connectivity index (χ2v) is 5.70. The molecule has 3 heteroatoms. The number of carbonyl (C=O) groups is 1. The summed E-state index contributed by atoms with van der Waals surface area (Å²) in [6, 6.07) is 20.1. The van der Waals surface area contributed by atoms with Crippen LogP contribution in [-0.4, -0.2) is 18.6 Å². The minimum atomic E-state index is -0.256. The Morgan fingerprint density at radius 3 is 2.33 bits per heavy atom. The van der Waals surface area contributed by atoms with Crippen molar-refractivity contribution in [1.82, 2.24) is 5.32 Å². The predicted molar refractivity (Wildman–Crippen MR) is 98.3 cm³/mol. The number of nitrogens with one attached hydrogen (secondary N) is 1. The highest BCUT2D eigenvalue weighted by Crippen LogP contribution is 2.12. The molecule has 0 saturated heterocycles. The van der Waals surface area contributed by atoms with Crippen molar-refractivity contribution >= 4 is 12.0 Å². The molecule has 2 aromatic rings. The first kappa shape index (κ1) is 18.0. The first-order chi connectivity index (χ1) is 11.7. The molecular weight excluding hydrogens is 298 g/mol. The summed E-state index contributed by atoms with van der Waals surface area (Å²) in [5, 5.41) is 3.46. The number of ether oxygens (including phenoxy) is 1. The molecule has 1 N–H and O–H groups in total. The van der Waals surface area contributed by atoms with Crippen molar-refractivity contribution in [3.8, 4) is 0 Å². The van der Waals surface area contributed by atoms with Crippen LogP contribution < -0.4 is 5.32 Å². The van der Waals surface area contributed by atoms with Gasteiger partial charge in [-0.3, -0.25) is 4.79 Å². The van der Waals surface area contributed by atoms with Gasteiger partial charge in [0.15, 0.2) is 0 Å². The Balaban J connectivity index is 2.08. The zero-order valence-electron chi connectivity index (χ0n) is 14.3. The Bertz CT molecular complexity index is 637. The Hall–Kier alpha value is -2.39. The van der Waals surface area contributed by atoms with Crippen LogP contribution in [0.1, 0.15) is 25.0 Å². The number of hydrogen-bond donors (Lipinski definition) is 1. The van der Waals surface area contributed by atoms with Crippen molar-refractivity contribution < 1.29 is 9.53 Å². The molecule has 3 nitrogen and oxygen atoms in total. The van der Waals surface area contributed by atoms with Gasteiger partial charge < -0.3 is 10.1 Å². The second kappa shape index (κ2) is 9.68. The Labute approximate surface area is 144 Å². The fourth-order valence-corrected chi connectivity index (χ4v) is 2.44. The third-order valence-electron chi connectivity index (χ3n) is 3.88. The van der Waals surface area contributed by atoms with Gasteiger partial charge in [0.25, 0.3) is 0 Å². The molecule has 2 atom stereocenters. The monoisotopic (exact) mass is 323 g/mol. The van der Waals surface area contributed by atoms with Gasteiger partial charge in [0, 0.05) is 12.6 Å². The summed E-state index contributed by atoms with van der Waals surface area (Å²) in [4.78, 5) is 12.1. The van der Waals surface area contributed by atoms with Gasteiger partial charge in [0.05, 0.1) is 12.5 Å². The summed E-state index contributed by atoms with van der Waals surface area (Å²) in [6.45, 7) is 4.83. The van der Waals surface area contributed by atoms with Crippen LogP contribution in [0.25, 0.3) is 6.08 Å². The highest BCUT2D eigenvalue weighted by atomic mass is 16.5. The topological polar surface area (TPSA) is 38.3 Å². The number of esters is 1. The third-order valence-corrected chi connectivity index (χ3v) is 3.88. The molecule has 0 saturated carbocycles. The van der Waals surface area contributed by atoms with Crippen LogP contribution in [0.5, 0.6) is 0 Å². The van der Waals surface area contributed by atoms with E-state index in [0.717, 1.165) is 5.56 Å². The van der Waals surface area contributed by atoms with Gasteiger partial charge in [0.1, 0.15) is 0 Å². The summed E-state index contributed by atoms with van der Waals surface area (Å²) in [5.74, 6) is -0.436. The largest absolute Gasteiger partial charge is 0.466 e. The maximum Gasteiger partial charge on any atom is 0.310 e. The van der Waals surface area contributed by atoms with Crippen molar-refractivity contribution in [3.63, 3.8) is 0 Å². The second-order valence-electron chi connectivity index (χ2n) is 5.70. The molecule has 0 bridgehead atoms. The SMILES string of the molecule is CCOC(=O)[C@H](C)[C@H](/C=C/c1ccccc1)NCc1ccccc1. The minimum absolute atomic E-state index is 0.0931. The molecule has 0 aliphatic heterocycles. The van der Waals surface area contributed by atoms with Gasteiger partial charge in [-0.15, -0.1) is 0 Å². The third kappa shape index (κ3) is 5.67. The lowest BCUT2D eigenvalue weighted by atomic mass is 10.00. The van der Waals surface area contributed by atoms with Crippen LogP contribution in [0.3, 0.4) is 0 Å². The van der Waals surface area contributed by atoms with Crippen molar-refractivity contribution in [2.24, 2.45) is 5.92 Å². The number of benzene rings is 2. The fourth-order valence-electron chi connectivity index (χ4n) is 2.44. The van der Waals surface area contributed by atoms with Gasteiger partial charge >= 0.3 is 5.97 Å². The summed E-state index contributed by atoms with van der Waals surface area (Å²) >= 11 is 0. The zero-order chi connectivity index (χ0) is 17.2. The maximum absolute atomic E-state index is 12.1. The van der Waals surface area contributed by atoms with E-state index in [0.29, 0.717) is 13.2 Å². The summed E-state index contributed by atoms with van der Waals surface area (Å²) in [5.41, 5.74) is 2.30. The molecule has 2 aromatic carbocycles. The molecule has 126 valence electrons. The number of carbonyl (C=O) groups excluding carboxylic acids is 1. The van der Waals surface area contributed by atoms with E-state index in [-0.39, 0.29) is 17.9 Å². The molecule has 0 aliphatic rings. The van der Waals surface area contributed by atoms with Gasteiger partial charge in [-0.25, -0.2) is 0 Å². The van der Waals surface area contributed by atoms with E-state index in [1.807, 2.05) is 74.5 Å². The van der Waals surface area contributed by atoms with Crippen LogP contribution in [-0.2, 0) is 16.1 Å². The van der Waals surface area contributed by atoms with E-state index in [1.54, 1.807) is 0 Å². The maximum atomic E-state index is 12.1. The molecule has 0 heterocycles. The highest BCUT2D eigenvalue weighted by molar-refractivity contribution is 5.73. The average molecular weight is 323 g/mol. The molecule has 0 amide bonds. The average Bonchev–Trinajstić information content (AvgIpc) is 2.63. The summed E-state index contributed by atoms with van der Waals surface area (Å²) in [7, 11) is 0. The predicted octanol–water partition coefficient (Wildman–Crippen LogP) is 4.06. The normalized spacial score (nSPS) is 13.6. The van der Waals surface area contributed by atoms with Gasteiger partial charge in [-0.2, -0.15) is 0 Å². The Morgan fingerprint density at radius 2 is 1.71 bits per heavy atom. The standard InChI is InChI=1S/C21H25NO2/c1-3-24-21(23)17(2)20(15-14-18-10-6-4-7-11-18)22-16-19-12-8-5-9-13-19/h4-15,17,20,22H,3,16H2,1-2H3/b15-14+/t17-,20+/m1/s1. The summed E-state index contributed by atoms with van der Waals surface area (Å²) in [6.07, 6.45) is 4.08. The van der Waals surface area contributed by atoms with Crippen molar-refractivity contribution in [3.05, 3.63) is 77.9 Å². The molecule has 0 spiro atoms. The Kier molecular flexibility index (Phi) is 7.24. The fraction of sp³-hybridized carbons (Fsp3) is 0.286. The van der Waals surface area contributed by atoms with Crippen molar-refractivity contribution in [2.75, 3.05) is 6.61 Å². The zero-order valence-corrected chi connectivity index (χ0v) is 14.3. The molecule has 0 radical (unpaired) electrons. The first-order valence-electron chi connectivity index (χ1n) is 8.38. The molecule has 0 aliphatic carbocycles. The lowest BCUT2D eigenvalue weighted by molar-refractivity contribution is -0.147. The molecule has 24 heavy (non-hydrogen) atoms. The van der Waals surface area contributed by atoms with E-state index in [2.05, 4.69) is 17.4 Å². The van der Waals surface area contributed by atoms with E-state index < -0.39 is 0 Å². The molecule has 2 rings (SSSR count). The van der Waals surface area contributed by atoms with E-state index in [1.165, 1.54) is 5.56 Å². The lowest BCUT2D eigenvalue weighted by Gasteiger charge is -2.21. The highest BCUT2D eigenvalue weighted by Gasteiger charge is 2.22. The van der Waals surface area contributed by atoms with Crippen LogP contribution >= 0.6 is 0 Å². The van der Waals surface area contributed by atoms with Crippen LogP contribution in [0, 0.1) is 5.92 Å². The first-order valence-corrected chi connectivity index (χ1v) is 8.38. The minimum Gasteiger partial charge on any atom is -0.466 e. The van der Waals surface area contributed by atoms with Crippen LogP contribution in [0.2, 0.25) is 0 Å². The van der Waals surface area contributed by atoms with Gasteiger partial charge in [-0.05, 0) is 18.1 Å². The molecule has 0 unspecified atom stereocenters. The smallest absolute Gasteiger partial charge is 0.310 e. The summed E-state index contributed by atoms with van der Waals surface area (Å²) < 4.78 is 5.18. The Morgan fingerprint density at radius 1 is 1.08 bits per heavy atom. The number of hydrogen-bond acceptors (Lipinski definition) is 3. The van der Waals surface area contributed by atoms with E-state index >= 15 is 0 Å². The van der Waals surface area contributed by atoms with Gasteiger partial charge in [0.2, 0.25) is 0 Å². The van der Waals surface area contributed by atoms with Gasteiger partial charge in [-0.1, -0.05) is 79.7 Å². The van der Waals surface area contributed by atoms with Crippen molar-refractivity contribution in [2.45, 2.75) is 26.4 Å². The molecule has 0 aromatic heterocycles. The van der Waals surface area contributed by atoms with E-state index in [9.17, 15) is 4.79 Å². The number of rotatable bonds is 8. The van der Waals surface area contributed by atoms with E-state index in [4.69, 9.17) is 4.74 Å².